The first kappa shape index (κ1) is 14.3. The molecule has 0 heterocycles. The lowest BCUT2D eigenvalue weighted by Gasteiger charge is -2.17. The van der Waals surface area contributed by atoms with Crippen LogP contribution in [0.15, 0.2) is 6.07 Å². The van der Waals surface area contributed by atoms with E-state index in [0.717, 1.165) is 6.07 Å². The Kier molecular flexibility index (Phi) is 4.52. The summed E-state index contributed by atoms with van der Waals surface area (Å²) in [7, 11) is 2.54. The lowest BCUT2D eigenvalue weighted by Crippen LogP contribution is -2.13. The van der Waals surface area contributed by atoms with Gasteiger partial charge in [-0.2, -0.15) is 0 Å². The zero-order chi connectivity index (χ0) is 13.9. The van der Waals surface area contributed by atoms with E-state index in [-0.39, 0.29) is 27.6 Å². The van der Waals surface area contributed by atoms with Crippen LogP contribution in [0.1, 0.15) is 22.0 Å². The minimum absolute atomic E-state index is 0.0182. The molecule has 1 atom stereocenters. The third-order valence-corrected chi connectivity index (χ3v) is 2.62. The number of benzene rings is 1. The molecule has 0 radical (unpaired) electrons. The van der Waals surface area contributed by atoms with Crippen molar-refractivity contribution in [2.45, 2.75) is 6.10 Å². The summed E-state index contributed by atoms with van der Waals surface area (Å²) < 4.78 is 9.94. The number of aliphatic hydroxyl groups is 1. The summed E-state index contributed by atoms with van der Waals surface area (Å²) in [5.74, 6) is -1.53. The number of halogens is 1. The van der Waals surface area contributed by atoms with Gasteiger partial charge in [0.15, 0.2) is 23.9 Å². The summed E-state index contributed by atoms with van der Waals surface area (Å²) in [6.45, 7) is 0. The van der Waals surface area contributed by atoms with Gasteiger partial charge in [-0.15, -0.1) is 0 Å². The highest BCUT2D eigenvalue weighted by Gasteiger charge is 2.26. The van der Waals surface area contributed by atoms with Crippen molar-refractivity contribution < 1.29 is 29.3 Å². The largest absolute Gasteiger partial charge is 0.492 e. The van der Waals surface area contributed by atoms with Crippen molar-refractivity contribution in [1.82, 2.24) is 0 Å². The van der Waals surface area contributed by atoms with E-state index in [1.54, 1.807) is 0 Å². The Morgan fingerprint density at radius 3 is 2.33 bits per heavy atom. The molecule has 0 aliphatic rings. The van der Waals surface area contributed by atoms with E-state index in [9.17, 15) is 14.7 Å². The van der Waals surface area contributed by atoms with Crippen LogP contribution in [0.4, 0.5) is 0 Å². The van der Waals surface area contributed by atoms with E-state index in [2.05, 4.69) is 0 Å². The maximum Gasteiger partial charge on any atom is 0.337 e. The minimum atomic E-state index is -1.83. The zero-order valence-corrected chi connectivity index (χ0v) is 10.4. The first-order valence-corrected chi connectivity index (χ1v) is 5.16. The molecule has 0 bridgehead atoms. The first-order valence-electron chi connectivity index (χ1n) is 4.78. The molecule has 0 fully saturated rings. The Morgan fingerprint density at radius 1 is 1.39 bits per heavy atom. The molecule has 7 heteroatoms. The maximum absolute atomic E-state index is 10.9. The fraction of sp³-hybridized carbons (Fsp3) is 0.273. The second kappa shape index (κ2) is 5.70. The van der Waals surface area contributed by atoms with Gasteiger partial charge in [-0.1, -0.05) is 11.6 Å². The van der Waals surface area contributed by atoms with Crippen LogP contribution in [0.2, 0.25) is 5.02 Å². The number of hydrogen-bond acceptors (Lipinski definition) is 5. The number of ether oxygens (including phenoxy) is 2. The van der Waals surface area contributed by atoms with Crippen LogP contribution >= 0.6 is 11.6 Å². The van der Waals surface area contributed by atoms with Crippen molar-refractivity contribution in [3.63, 3.8) is 0 Å². The van der Waals surface area contributed by atoms with Crippen molar-refractivity contribution in [2.75, 3.05) is 14.2 Å². The minimum Gasteiger partial charge on any atom is -0.492 e. The Hall–Kier alpha value is -1.79. The molecule has 0 aliphatic carbocycles. The molecule has 2 N–H and O–H groups in total. The lowest BCUT2D eigenvalue weighted by atomic mass is 10.0. The fourth-order valence-corrected chi connectivity index (χ4v) is 1.75. The number of aliphatic carboxylic acids is 1. The molecule has 0 saturated heterocycles. The van der Waals surface area contributed by atoms with Crippen LogP contribution in [0.5, 0.6) is 11.5 Å². The van der Waals surface area contributed by atoms with Gasteiger partial charge in [-0.25, -0.2) is 4.79 Å². The SMILES string of the molecule is COc1c(C(O)C(=O)O)cc(Cl)c(C=O)c1OC. The van der Waals surface area contributed by atoms with Gasteiger partial charge < -0.3 is 19.7 Å². The molecule has 18 heavy (non-hydrogen) atoms. The van der Waals surface area contributed by atoms with Gasteiger partial charge in [-0.05, 0) is 6.07 Å². The third-order valence-electron chi connectivity index (χ3n) is 2.31. The zero-order valence-electron chi connectivity index (χ0n) is 9.64. The maximum atomic E-state index is 10.9. The van der Waals surface area contributed by atoms with E-state index < -0.39 is 12.1 Å². The van der Waals surface area contributed by atoms with Crippen LogP contribution in [0.3, 0.4) is 0 Å². The number of hydrogen-bond donors (Lipinski definition) is 2. The summed E-state index contributed by atoms with van der Waals surface area (Å²) in [5.41, 5.74) is -0.0604. The molecule has 6 nitrogen and oxygen atoms in total. The van der Waals surface area contributed by atoms with E-state index >= 15 is 0 Å². The third kappa shape index (κ3) is 2.39. The normalized spacial score (nSPS) is 11.8. The van der Waals surface area contributed by atoms with Gasteiger partial charge in [-0.3, -0.25) is 4.79 Å². The van der Waals surface area contributed by atoms with Crippen LogP contribution in [0, 0.1) is 0 Å². The molecule has 0 spiro atoms. The smallest absolute Gasteiger partial charge is 0.337 e. The van der Waals surface area contributed by atoms with Crippen LogP contribution in [0.25, 0.3) is 0 Å². The Labute approximate surface area is 108 Å². The van der Waals surface area contributed by atoms with Crippen LogP contribution in [-0.2, 0) is 4.79 Å². The molecular weight excluding hydrogens is 264 g/mol. The topological polar surface area (TPSA) is 93.1 Å². The van der Waals surface area contributed by atoms with Crippen molar-refractivity contribution in [3.8, 4) is 11.5 Å². The molecule has 0 aliphatic heterocycles. The average Bonchev–Trinajstić information content (AvgIpc) is 2.35. The molecule has 1 rings (SSSR count). The predicted octanol–water partition coefficient (Wildman–Crippen LogP) is 1.29. The van der Waals surface area contributed by atoms with E-state index in [4.69, 9.17) is 26.2 Å². The molecule has 1 unspecified atom stereocenters. The van der Waals surface area contributed by atoms with Crippen LogP contribution in [-0.4, -0.2) is 36.7 Å². The van der Waals surface area contributed by atoms with Gasteiger partial charge >= 0.3 is 5.97 Å². The summed E-state index contributed by atoms with van der Waals surface area (Å²) in [6, 6.07) is 1.16. The quantitative estimate of drug-likeness (QED) is 0.786. The molecule has 0 aromatic heterocycles. The van der Waals surface area contributed by atoms with Gasteiger partial charge in [0.2, 0.25) is 0 Å². The van der Waals surface area contributed by atoms with E-state index in [1.807, 2.05) is 0 Å². The molecular formula is C11H11ClO6. The highest BCUT2D eigenvalue weighted by molar-refractivity contribution is 6.33. The fourth-order valence-electron chi connectivity index (χ4n) is 1.50. The van der Waals surface area contributed by atoms with E-state index in [1.165, 1.54) is 14.2 Å². The molecule has 1 aromatic carbocycles. The number of carboxylic acids is 1. The Balaban J connectivity index is 3.58. The first-order chi connectivity index (χ1) is 8.47. The van der Waals surface area contributed by atoms with Crippen molar-refractivity contribution >= 4 is 23.9 Å². The number of carbonyl (C=O) groups is 2. The van der Waals surface area contributed by atoms with Gasteiger partial charge in [0.25, 0.3) is 0 Å². The van der Waals surface area contributed by atoms with Crippen LogP contribution < -0.4 is 9.47 Å². The molecule has 98 valence electrons. The van der Waals surface area contributed by atoms with Gasteiger partial charge in [0.05, 0.1) is 24.8 Å². The van der Waals surface area contributed by atoms with E-state index in [0.29, 0.717) is 6.29 Å². The Bertz CT molecular complexity index is 485. The molecule has 0 saturated carbocycles. The number of carbonyl (C=O) groups excluding carboxylic acids is 1. The highest BCUT2D eigenvalue weighted by atomic mass is 35.5. The van der Waals surface area contributed by atoms with Crippen molar-refractivity contribution in [3.05, 3.63) is 22.2 Å². The summed E-state index contributed by atoms with van der Waals surface area (Å²) in [4.78, 5) is 21.7. The second-order valence-electron chi connectivity index (χ2n) is 3.29. The number of carboxylic acid groups (broad SMARTS) is 1. The molecule has 0 amide bonds. The monoisotopic (exact) mass is 274 g/mol. The number of aldehydes is 1. The second-order valence-corrected chi connectivity index (χ2v) is 3.69. The molecule has 1 aromatic rings. The highest BCUT2D eigenvalue weighted by Crippen LogP contribution is 2.41. The van der Waals surface area contributed by atoms with Crippen molar-refractivity contribution in [1.29, 1.82) is 0 Å². The van der Waals surface area contributed by atoms with Gasteiger partial charge in [0.1, 0.15) is 0 Å². The number of methoxy groups -OCH3 is 2. The van der Waals surface area contributed by atoms with Gasteiger partial charge in [0, 0.05) is 5.56 Å². The van der Waals surface area contributed by atoms with Crippen molar-refractivity contribution in [2.24, 2.45) is 0 Å². The summed E-state index contributed by atoms with van der Waals surface area (Å²) in [6.07, 6.45) is -1.37. The predicted molar refractivity (Wildman–Crippen MR) is 62.5 cm³/mol. The number of rotatable bonds is 5. The standard InChI is InChI=1S/C11H11ClO6/c1-17-9-5(8(14)11(15)16)3-7(12)6(4-13)10(9)18-2/h3-4,8,14H,1-2H3,(H,15,16). The summed E-state index contributed by atoms with van der Waals surface area (Å²) in [5, 5.41) is 18.3. The Morgan fingerprint density at radius 2 is 1.94 bits per heavy atom. The summed E-state index contributed by atoms with van der Waals surface area (Å²) >= 11 is 5.82. The number of aliphatic hydroxyl groups excluding tert-OH is 1. The average molecular weight is 275 g/mol. The lowest BCUT2D eigenvalue weighted by molar-refractivity contribution is -0.147.